The maximum absolute atomic E-state index is 12.4. The molecule has 0 aliphatic heterocycles. The minimum Gasteiger partial charge on any atom is -0.376 e. The molecule has 2 aromatic rings. The number of Topliss-reactive ketones (excluding diaryl/α,β-unsaturated/α-hetero) is 1. The summed E-state index contributed by atoms with van der Waals surface area (Å²) in [6.07, 6.45) is 0. The van der Waals surface area contributed by atoms with Gasteiger partial charge in [-0.25, -0.2) is 0 Å². The third-order valence-electron chi connectivity index (χ3n) is 2.94. The van der Waals surface area contributed by atoms with E-state index in [1.165, 1.54) is 13.0 Å². The van der Waals surface area contributed by atoms with Crippen LogP contribution in [-0.4, -0.2) is 19.7 Å². The van der Waals surface area contributed by atoms with Crippen LogP contribution in [0, 0.1) is 0 Å². The number of halogens is 3. The van der Waals surface area contributed by atoms with Crippen molar-refractivity contribution in [2.24, 2.45) is 0 Å². The van der Waals surface area contributed by atoms with E-state index in [4.69, 9.17) is 0 Å². The standard InChI is InChI=1S/C15H11F3O4S/c1-10(19)13-8-7-12(22-23(20,21)15(16,17)18)9-14(13)11-5-3-2-4-6-11/h2-9H,1H3. The van der Waals surface area contributed by atoms with Gasteiger partial charge in [0.1, 0.15) is 5.75 Å². The second-order valence-corrected chi connectivity index (χ2v) is 6.15. The van der Waals surface area contributed by atoms with Gasteiger partial charge >= 0.3 is 15.6 Å². The van der Waals surface area contributed by atoms with Crippen LogP contribution < -0.4 is 4.18 Å². The minimum absolute atomic E-state index is 0.243. The van der Waals surface area contributed by atoms with Crippen LogP contribution in [0.25, 0.3) is 11.1 Å². The van der Waals surface area contributed by atoms with E-state index in [0.717, 1.165) is 12.1 Å². The predicted octanol–water partition coefficient (Wildman–Crippen LogP) is 3.78. The first-order valence-corrected chi connectivity index (χ1v) is 7.74. The van der Waals surface area contributed by atoms with E-state index in [0.29, 0.717) is 5.56 Å². The Labute approximate surface area is 130 Å². The molecule has 23 heavy (non-hydrogen) atoms. The van der Waals surface area contributed by atoms with Gasteiger partial charge in [0, 0.05) is 5.56 Å². The van der Waals surface area contributed by atoms with Crippen LogP contribution in [0.1, 0.15) is 17.3 Å². The summed E-state index contributed by atoms with van der Waals surface area (Å²) in [5, 5.41) is 0. The van der Waals surface area contributed by atoms with Crippen molar-refractivity contribution in [1.29, 1.82) is 0 Å². The number of carbonyl (C=O) groups excluding carboxylic acids is 1. The van der Waals surface area contributed by atoms with Crippen molar-refractivity contribution < 1.29 is 30.6 Å². The molecule has 8 heteroatoms. The first-order chi connectivity index (χ1) is 10.6. The average molecular weight is 344 g/mol. The van der Waals surface area contributed by atoms with Crippen molar-refractivity contribution in [3.63, 3.8) is 0 Å². The van der Waals surface area contributed by atoms with Crippen LogP contribution in [0.3, 0.4) is 0 Å². The zero-order chi connectivity index (χ0) is 17.3. The van der Waals surface area contributed by atoms with E-state index in [1.54, 1.807) is 30.3 Å². The number of rotatable bonds is 4. The molecule has 0 aromatic heterocycles. The normalized spacial score (nSPS) is 12.0. The lowest BCUT2D eigenvalue weighted by Crippen LogP contribution is -2.28. The SMILES string of the molecule is CC(=O)c1ccc(OS(=O)(=O)C(F)(F)F)cc1-c1ccccc1. The molecule has 0 radical (unpaired) electrons. The minimum atomic E-state index is -5.77. The van der Waals surface area contributed by atoms with Gasteiger partial charge in [0.15, 0.2) is 5.78 Å². The molecule has 0 fully saturated rings. The second-order valence-electron chi connectivity index (χ2n) is 4.61. The van der Waals surface area contributed by atoms with E-state index >= 15 is 0 Å². The largest absolute Gasteiger partial charge is 0.534 e. The zero-order valence-corrected chi connectivity index (χ0v) is 12.6. The van der Waals surface area contributed by atoms with Crippen LogP contribution >= 0.6 is 0 Å². The highest BCUT2D eigenvalue weighted by molar-refractivity contribution is 7.88. The monoisotopic (exact) mass is 344 g/mol. The molecule has 2 aromatic carbocycles. The van der Waals surface area contributed by atoms with Crippen LogP contribution in [0.2, 0.25) is 0 Å². The van der Waals surface area contributed by atoms with Crippen LogP contribution in [0.4, 0.5) is 13.2 Å². The van der Waals surface area contributed by atoms with Gasteiger partial charge < -0.3 is 4.18 Å². The summed E-state index contributed by atoms with van der Waals surface area (Å²) in [6, 6.07) is 11.7. The highest BCUT2D eigenvalue weighted by Crippen LogP contribution is 2.32. The van der Waals surface area contributed by atoms with Gasteiger partial charge in [-0.1, -0.05) is 30.3 Å². The first kappa shape index (κ1) is 17.0. The van der Waals surface area contributed by atoms with Gasteiger partial charge in [-0.3, -0.25) is 4.79 Å². The lowest BCUT2D eigenvalue weighted by molar-refractivity contribution is -0.0500. The van der Waals surface area contributed by atoms with Crippen molar-refractivity contribution >= 4 is 15.9 Å². The first-order valence-electron chi connectivity index (χ1n) is 6.33. The number of hydrogen-bond acceptors (Lipinski definition) is 4. The molecule has 2 rings (SSSR count). The Bertz CT molecular complexity index is 828. The Hall–Kier alpha value is -2.35. The summed E-state index contributed by atoms with van der Waals surface area (Å²) in [4.78, 5) is 11.7. The third-order valence-corrected chi connectivity index (χ3v) is 3.92. The summed E-state index contributed by atoms with van der Waals surface area (Å²) in [7, 11) is -5.77. The molecule has 4 nitrogen and oxygen atoms in total. The zero-order valence-electron chi connectivity index (χ0n) is 11.8. The molecule has 0 saturated heterocycles. The molecular weight excluding hydrogens is 333 g/mol. The summed E-state index contributed by atoms with van der Waals surface area (Å²) in [5.74, 6) is -0.833. The maximum Gasteiger partial charge on any atom is 0.534 e. The smallest absolute Gasteiger partial charge is 0.376 e. The van der Waals surface area contributed by atoms with Gasteiger partial charge in [-0.2, -0.15) is 21.6 Å². The van der Waals surface area contributed by atoms with Gasteiger partial charge in [0.25, 0.3) is 0 Å². The van der Waals surface area contributed by atoms with Crippen molar-refractivity contribution in [1.82, 2.24) is 0 Å². The van der Waals surface area contributed by atoms with Gasteiger partial charge in [0.05, 0.1) is 0 Å². The van der Waals surface area contributed by atoms with E-state index in [-0.39, 0.29) is 16.9 Å². The topological polar surface area (TPSA) is 60.4 Å². The Kier molecular flexibility index (Phi) is 4.46. The molecule has 0 atom stereocenters. The number of carbonyl (C=O) groups is 1. The summed E-state index contributed by atoms with van der Waals surface area (Å²) in [6.45, 7) is 1.30. The van der Waals surface area contributed by atoms with Crippen molar-refractivity contribution in [2.45, 2.75) is 12.4 Å². The molecule has 0 aliphatic carbocycles. The van der Waals surface area contributed by atoms with E-state index in [9.17, 15) is 26.4 Å². The molecule has 0 spiro atoms. The fraction of sp³-hybridized carbons (Fsp3) is 0.133. The Balaban J connectivity index is 2.52. The molecule has 0 heterocycles. The molecule has 0 amide bonds. The van der Waals surface area contributed by atoms with Gasteiger partial charge in [-0.05, 0) is 36.2 Å². The Morgan fingerprint density at radius 1 is 1.04 bits per heavy atom. The van der Waals surface area contributed by atoms with Crippen LogP contribution in [0.5, 0.6) is 5.75 Å². The summed E-state index contributed by atoms with van der Waals surface area (Å²) >= 11 is 0. The van der Waals surface area contributed by atoms with Gasteiger partial charge in [0.2, 0.25) is 0 Å². The quantitative estimate of drug-likeness (QED) is 0.481. The number of alkyl halides is 3. The van der Waals surface area contributed by atoms with Crippen LogP contribution in [0.15, 0.2) is 48.5 Å². The molecular formula is C15H11F3O4S. The van der Waals surface area contributed by atoms with Crippen molar-refractivity contribution in [2.75, 3.05) is 0 Å². The van der Waals surface area contributed by atoms with Crippen molar-refractivity contribution in [3.05, 3.63) is 54.1 Å². The average Bonchev–Trinajstić information content (AvgIpc) is 2.46. The number of benzene rings is 2. The molecule has 0 bridgehead atoms. The fourth-order valence-electron chi connectivity index (χ4n) is 1.91. The van der Waals surface area contributed by atoms with Crippen molar-refractivity contribution in [3.8, 4) is 16.9 Å². The number of hydrogen-bond donors (Lipinski definition) is 0. The highest BCUT2D eigenvalue weighted by Gasteiger charge is 2.48. The summed E-state index contributed by atoms with van der Waals surface area (Å²) in [5.41, 5.74) is -4.45. The number of ketones is 1. The molecule has 0 unspecified atom stereocenters. The Morgan fingerprint density at radius 2 is 1.65 bits per heavy atom. The predicted molar refractivity (Wildman–Crippen MR) is 77.5 cm³/mol. The van der Waals surface area contributed by atoms with E-state index in [1.807, 2.05) is 0 Å². The lowest BCUT2D eigenvalue weighted by Gasteiger charge is -2.12. The maximum atomic E-state index is 12.4. The third kappa shape index (κ3) is 3.70. The molecule has 0 N–H and O–H groups in total. The lowest BCUT2D eigenvalue weighted by atomic mass is 9.97. The Morgan fingerprint density at radius 3 is 2.17 bits per heavy atom. The summed E-state index contributed by atoms with van der Waals surface area (Å²) < 4.78 is 63.4. The molecule has 0 saturated carbocycles. The van der Waals surface area contributed by atoms with E-state index in [2.05, 4.69) is 4.18 Å². The fourth-order valence-corrected chi connectivity index (χ4v) is 2.36. The second kappa shape index (κ2) is 6.04. The molecule has 122 valence electrons. The van der Waals surface area contributed by atoms with E-state index < -0.39 is 21.4 Å². The van der Waals surface area contributed by atoms with Crippen LogP contribution in [-0.2, 0) is 10.1 Å². The van der Waals surface area contributed by atoms with Gasteiger partial charge in [-0.15, -0.1) is 0 Å². The molecule has 0 aliphatic rings. The highest BCUT2D eigenvalue weighted by atomic mass is 32.2.